The van der Waals surface area contributed by atoms with Crippen molar-refractivity contribution in [2.24, 2.45) is 0 Å². The van der Waals surface area contributed by atoms with Gasteiger partial charge < -0.3 is 4.57 Å². The molecule has 0 unspecified atom stereocenters. The first-order valence-electron chi connectivity index (χ1n) is 10.6. The summed E-state index contributed by atoms with van der Waals surface area (Å²) in [5.41, 5.74) is 7.05. The lowest BCUT2D eigenvalue weighted by molar-refractivity contribution is 1.07. The van der Waals surface area contributed by atoms with E-state index in [-0.39, 0.29) is 0 Å². The maximum Gasteiger partial charge on any atom is 0.154 e. The molecule has 1 nitrogen and oxygen atoms in total. The Morgan fingerprint density at radius 2 is 1.24 bits per heavy atom. The predicted octanol–water partition coefficient (Wildman–Crippen LogP) is 6.90. The third-order valence-corrected chi connectivity index (χ3v) is 8.30. The molecule has 29 heavy (non-hydrogen) atoms. The van der Waals surface area contributed by atoms with Crippen LogP contribution in [0.25, 0.3) is 0 Å². The fourth-order valence-electron chi connectivity index (χ4n) is 3.72. The van der Waals surface area contributed by atoms with Crippen LogP contribution in [0.5, 0.6) is 0 Å². The van der Waals surface area contributed by atoms with Gasteiger partial charge in [0.05, 0.1) is 5.42 Å². The standard InChI is InChI=1S/C26H32NPSi/c1-6-21-17-14-18-22(7-2)25(21)27(29(3,4)5)26(23-15-10-8-11-16-23)28-24-19-12-9-13-20-24/h8-20H,6-7H2,1-5H3. The molecule has 0 saturated carbocycles. The smallest absolute Gasteiger partial charge is 0.154 e. The summed E-state index contributed by atoms with van der Waals surface area (Å²) in [6.07, 6.45) is 2.10. The average molecular weight is 418 g/mol. The van der Waals surface area contributed by atoms with Crippen molar-refractivity contribution in [1.29, 1.82) is 0 Å². The highest BCUT2D eigenvalue weighted by molar-refractivity contribution is 7.50. The third-order valence-electron chi connectivity index (χ3n) is 5.09. The molecule has 0 N–H and O–H groups in total. The van der Waals surface area contributed by atoms with E-state index < -0.39 is 8.24 Å². The quantitative estimate of drug-likeness (QED) is 0.298. The molecule has 0 aliphatic rings. The lowest BCUT2D eigenvalue weighted by Crippen LogP contribution is -2.51. The normalized spacial score (nSPS) is 12.1. The number of rotatable bonds is 7. The third kappa shape index (κ3) is 5.07. The molecule has 3 heteroatoms. The number of hydrogen-bond donors (Lipinski definition) is 0. The first kappa shape index (κ1) is 21.6. The van der Waals surface area contributed by atoms with Gasteiger partial charge in [0.2, 0.25) is 0 Å². The minimum atomic E-state index is -1.73. The van der Waals surface area contributed by atoms with Crippen molar-refractivity contribution in [2.45, 2.75) is 46.3 Å². The average Bonchev–Trinajstić information content (AvgIpc) is 2.73. The van der Waals surface area contributed by atoms with Gasteiger partial charge in [-0.1, -0.05) is 112 Å². The summed E-state index contributed by atoms with van der Waals surface area (Å²) in [6.45, 7) is 11.9. The zero-order chi connectivity index (χ0) is 20.9. The number of anilines is 1. The van der Waals surface area contributed by atoms with Gasteiger partial charge in [0, 0.05) is 16.6 Å². The molecular formula is C26H32NPSi. The zero-order valence-electron chi connectivity index (χ0n) is 18.3. The van der Waals surface area contributed by atoms with Crippen LogP contribution >= 0.6 is 8.20 Å². The van der Waals surface area contributed by atoms with Crippen LogP contribution in [0.3, 0.4) is 0 Å². The van der Waals surface area contributed by atoms with Gasteiger partial charge >= 0.3 is 0 Å². The molecule has 0 heterocycles. The second-order valence-corrected chi connectivity index (χ2v) is 14.2. The molecule has 0 spiro atoms. The molecule has 0 saturated heterocycles. The van der Waals surface area contributed by atoms with E-state index in [0.717, 1.165) is 12.8 Å². The van der Waals surface area contributed by atoms with Crippen molar-refractivity contribution in [2.75, 3.05) is 4.57 Å². The molecular weight excluding hydrogens is 385 g/mol. The van der Waals surface area contributed by atoms with Crippen molar-refractivity contribution in [3.8, 4) is 0 Å². The van der Waals surface area contributed by atoms with Gasteiger partial charge in [0.15, 0.2) is 8.24 Å². The Bertz CT molecular complexity index is 937. The van der Waals surface area contributed by atoms with Crippen molar-refractivity contribution in [3.05, 3.63) is 95.6 Å². The molecule has 3 aromatic carbocycles. The number of nitrogens with zero attached hydrogens (tertiary/aromatic N) is 1. The minimum Gasteiger partial charge on any atom is -0.365 e. The molecule has 0 radical (unpaired) electrons. The van der Waals surface area contributed by atoms with Gasteiger partial charge in [-0.25, -0.2) is 0 Å². The summed E-state index contributed by atoms with van der Waals surface area (Å²) < 4.78 is 2.73. The first-order valence-corrected chi connectivity index (χ1v) is 14.9. The Labute approximate surface area is 179 Å². The van der Waals surface area contributed by atoms with Crippen LogP contribution < -0.4 is 9.87 Å². The number of hydrogen-bond acceptors (Lipinski definition) is 0. The second kappa shape index (κ2) is 9.56. The Morgan fingerprint density at radius 3 is 1.72 bits per heavy atom. The number of aryl methyl sites for hydroxylation is 2. The summed E-state index contributed by atoms with van der Waals surface area (Å²) >= 11 is 0. The SMILES string of the molecule is CCc1cccc(CC)c1N(C(=Pc1ccccc1)c1ccccc1)[Si](C)(C)C. The highest BCUT2D eigenvalue weighted by atomic mass is 31.1. The number of para-hydroxylation sites is 1. The van der Waals surface area contributed by atoms with Crippen LogP contribution in [0.15, 0.2) is 78.9 Å². The Kier molecular flexibility index (Phi) is 7.11. The Balaban J connectivity index is 2.32. The van der Waals surface area contributed by atoms with Crippen molar-refractivity contribution in [3.63, 3.8) is 0 Å². The first-order chi connectivity index (χ1) is 14.0. The fraction of sp³-hybridized carbons (Fsp3) is 0.269. The molecule has 3 aromatic rings. The van der Waals surface area contributed by atoms with Gasteiger partial charge in [0.25, 0.3) is 0 Å². The zero-order valence-corrected chi connectivity index (χ0v) is 20.2. The molecule has 150 valence electrons. The van der Waals surface area contributed by atoms with E-state index in [1.54, 1.807) is 0 Å². The van der Waals surface area contributed by atoms with E-state index in [9.17, 15) is 0 Å². The lowest BCUT2D eigenvalue weighted by Gasteiger charge is -2.40. The van der Waals surface area contributed by atoms with Crippen LogP contribution in [0, 0.1) is 0 Å². The molecule has 0 amide bonds. The molecule has 3 rings (SSSR count). The molecule has 0 atom stereocenters. The predicted molar refractivity (Wildman–Crippen MR) is 135 cm³/mol. The number of benzene rings is 3. The van der Waals surface area contributed by atoms with Crippen molar-refractivity contribution >= 4 is 32.8 Å². The van der Waals surface area contributed by atoms with Crippen molar-refractivity contribution < 1.29 is 0 Å². The Hall–Kier alpha value is -2.15. The topological polar surface area (TPSA) is 3.24 Å². The Morgan fingerprint density at radius 1 is 0.724 bits per heavy atom. The monoisotopic (exact) mass is 417 g/mol. The summed E-state index contributed by atoms with van der Waals surface area (Å²) in [5.74, 6) is 0. The molecule has 0 aliphatic heterocycles. The van der Waals surface area contributed by atoms with E-state index in [0.29, 0.717) is 0 Å². The van der Waals surface area contributed by atoms with E-state index in [1.165, 1.54) is 41.3 Å². The highest BCUT2D eigenvalue weighted by Crippen LogP contribution is 2.34. The van der Waals surface area contributed by atoms with Crippen LogP contribution in [0.4, 0.5) is 5.69 Å². The molecule has 0 bridgehead atoms. The van der Waals surface area contributed by atoms with Gasteiger partial charge in [-0.05, 0) is 32.2 Å². The fourth-order valence-corrected chi connectivity index (χ4v) is 7.53. The summed E-state index contributed by atoms with van der Waals surface area (Å²) in [4.78, 5) is 0. The summed E-state index contributed by atoms with van der Waals surface area (Å²) in [6, 6.07) is 28.6. The van der Waals surface area contributed by atoms with E-state index in [1.807, 2.05) is 0 Å². The summed E-state index contributed by atoms with van der Waals surface area (Å²) in [5, 5.41) is 1.33. The molecule has 0 aromatic heterocycles. The summed E-state index contributed by atoms with van der Waals surface area (Å²) in [7, 11) is -0.477. The lowest BCUT2D eigenvalue weighted by atomic mass is 10.0. The van der Waals surface area contributed by atoms with Crippen LogP contribution in [-0.4, -0.2) is 13.7 Å². The van der Waals surface area contributed by atoms with Crippen LogP contribution in [0.1, 0.15) is 30.5 Å². The molecule has 0 aliphatic carbocycles. The second-order valence-electron chi connectivity index (χ2n) is 8.28. The molecule has 0 fully saturated rings. The van der Waals surface area contributed by atoms with Gasteiger partial charge in [-0.3, -0.25) is 0 Å². The maximum absolute atomic E-state index is 2.73. The van der Waals surface area contributed by atoms with Gasteiger partial charge in [-0.15, -0.1) is 0 Å². The van der Waals surface area contributed by atoms with Crippen LogP contribution in [0.2, 0.25) is 19.6 Å². The minimum absolute atomic E-state index is 1.05. The van der Waals surface area contributed by atoms with Crippen LogP contribution in [-0.2, 0) is 12.8 Å². The van der Waals surface area contributed by atoms with Gasteiger partial charge in [0.1, 0.15) is 0 Å². The van der Waals surface area contributed by atoms with Gasteiger partial charge in [-0.2, -0.15) is 0 Å². The largest absolute Gasteiger partial charge is 0.365 e. The highest BCUT2D eigenvalue weighted by Gasteiger charge is 2.31. The van der Waals surface area contributed by atoms with E-state index >= 15 is 0 Å². The van der Waals surface area contributed by atoms with Crippen molar-refractivity contribution in [1.82, 2.24) is 0 Å². The maximum atomic E-state index is 2.73. The van der Waals surface area contributed by atoms with E-state index in [4.69, 9.17) is 0 Å². The van der Waals surface area contributed by atoms with E-state index in [2.05, 4.69) is 117 Å².